The van der Waals surface area contributed by atoms with E-state index in [1.165, 1.54) is 49.9 Å². The van der Waals surface area contributed by atoms with Crippen molar-refractivity contribution in [2.24, 2.45) is 14.1 Å². The van der Waals surface area contributed by atoms with E-state index >= 15 is 0 Å². The van der Waals surface area contributed by atoms with E-state index in [0.717, 1.165) is 33.0 Å². The monoisotopic (exact) mass is 926 g/mol. The molecule has 6 heterocycles. The van der Waals surface area contributed by atoms with Gasteiger partial charge < -0.3 is 4.98 Å². The van der Waals surface area contributed by atoms with Crippen LogP contribution < -0.4 is 8.45 Å². The molecule has 0 atom stereocenters. The maximum absolute atomic E-state index is 12.4. The van der Waals surface area contributed by atoms with Crippen molar-refractivity contribution in [1.82, 2.24) is 49.5 Å². The summed E-state index contributed by atoms with van der Waals surface area (Å²) in [6.07, 6.45) is 19.7. The quantitative estimate of drug-likeness (QED) is 0.0795. The zero-order valence-electron chi connectivity index (χ0n) is 34.8. The third-order valence-electron chi connectivity index (χ3n) is 9.82. The molecule has 56 heavy (non-hydrogen) atoms. The zero-order valence-corrected chi connectivity index (χ0v) is 40.0. The van der Waals surface area contributed by atoms with Crippen molar-refractivity contribution in [3.63, 3.8) is 0 Å². The molecule has 0 saturated heterocycles. The number of aromatic amines is 1. The van der Waals surface area contributed by atoms with E-state index in [-0.39, 0.29) is 16.8 Å². The van der Waals surface area contributed by atoms with E-state index in [1.807, 2.05) is 58.6 Å². The molecular weight excluding hydrogens is 867 g/mol. The first-order chi connectivity index (χ1) is 26.8. The van der Waals surface area contributed by atoms with Crippen LogP contribution in [0.25, 0.3) is 33.2 Å². The van der Waals surface area contributed by atoms with Crippen molar-refractivity contribution in [2.75, 3.05) is 0 Å². The largest absolute Gasteiger partial charge is 0.275 e. The Morgan fingerprint density at radius 1 is 0.732 bits per heavy atom. The molecule has 0 aliphatic rings. The number of hydrogen-bond donors (Lipinski definition) is 1. The minimum atomic E-state index is -2.08. The average molecular weight is 926 g/mol. The summed E-state index contributed by atoms with van der Waals surface area (Å²) in [5.41, 5.74) is 9.79. The molecule has 0 aliphatic carbocycles. The van der Waals surface area contributed by atoms with Gasteiger partial charge in [0.25, 0.3) is 5.56 Å². The molecule has 15 heteroatoms. The molecule has 6 aromatic heterocycles. The Kier molecular flexibility index (Phi) is 17.9. The van der Waals surface area contributed by atoms with Gasteiger partial charge in [0.2, 0.25) is 5.28 Å². The molecule has 0 saturated carbocycles. The SMILES string of the molecule is CC(C)c1c(-c2cnn(C)c2)nc(-c2cncs2)[nH]c1=O.CCC[CH2][Sn]([CH2]CCC)([CH2]CCC)[c]1cncs1.Cc1nc(Cl)nc(-c2cnn(C)c2)c1C(C)C. The van der Waals surface area contributed by atoms with E-state index in [4.69, 9.17) is 11.6 Å². The standard InChI is InChI=1S/C14H15N5OS.C12H15ClN4.3C4H9.C3H2NS.Sn/c1-8(2)11-12(9-4-16-19(3)6-9)17-13(18-14(11)20)10-5-15-7-21-10;1-7(2)10-8(3)15-12(13)16-11(10)9-5-14-17(4)6-9;3*1-3-4-2;1-2-5-3-4-1;/h4-8H,1-3H3,(H,17,18,20);5-7H,1-4H3;3*1,3-4H2,2H3;1,3H;. The van der Waals surface area contributed by atoms with E-state index in [2.05, 4.69) is 86.4 Å². The Morgan fingerprint density at radius 2 is 1.25 bits per heavy atom. The average Bonchev–Trinajstić information content (AvgIpc) is 4.00. The Labute approximate surface area is 349 Å². The van der Waals surface area contributed by atoms with E-state index < -0.39 is 18.4 Å². The number of nitrogens with zero attached hydrogens (tertiary/aromatic N) is 9. The summed E-state index contributed by atoms with van der Waals surface area (Å²) >= 11 is 7.26. The Hall–Kier alpha value is -3.27. The molecule has 11 nitrogen and oxygen atoms in total. The fraction of sp³-hybridized carbons (Fsp3) is 0.512. The predicted octanol–water partition coefficient (Wildman–Crippen LogP) is 10.6. The number of H-pyrrole nitrogens is 1. The summed E-state index contributed by atoms with van der Waals surface area (Å²) in [7, 11) is 3.73. The van der Waals surface area contributed by atoms with Crippen LogP contribution >= 0.6 is 34.3 Å². The Bertz CT molecular complexity index is 2100. The molecule has 0 spiro atoms. The molecule has 0 bridgehead atoms. The van der Waals surface area contributed by atoms with Gasteiger partial charge in [-0.05, 0) is 30.4 Å². The van der Waals surface area contributed by atoms with Gasteiger partial charge in [0.1, 0.15) is 0 Å². The van der Waals surface area contributed by atoms with Crippen LogP contribution in [0.5, 0.6) is 0 Å². The predicted molar refractivity (Wildman–Crippen MR) is 237 cm³/mol. The van der Waals surface area contributed by atoms with Gasteiger partial charge >= 0.3 is 122 Å². The normalized spacial score (nSPS) is 11.4. The first-order valence-electron chi connectivity index (χ1n) is 19.8. The van der Waals surface area contributed by atoms with Crippen molar-refractivity contribution in [2.45, 2.75) is 119 Å². The van der Waals surface area contributed by atoms with Gasteiger partial charge in [-0.2, -0.15) is 10.2 Å². The first kappa shape index (κ1) is 45.4. The van der Waals surface area contributed by atoms with E-state index in [1.54, 1.807) is 49.7 Å². The summed E-state index contributed by atoms with van der Waals surface area (Å²) in [6, 6.07) is 0. The second-order valence-electron chi connectivity index (χ2n) is 15.0. The topological polar surface area (TPSA) is 133 Å². The van der Waals surface area contributed by atoms with E-state index in [0.29, 0.717) is 23.0 Å². The van der Waals surface area contributed by atoms with Gasteiger partial charge in [0, 0.05) is 60.6 Å². The van der Waals surface area contributed by atoms with E-state index in [9.17, 15) is 4.79 Å². The van der Waals surface area contributed by atoms with Crippen LogP contribution in [-0.2, 0) is 14.1 Å². The van der Waals surface area contributed by atoms with Gasteiger partial charge in [-0.15, -0.1) is 11.3 Å². The third-order valence-corrected chi connectivity index (χ3v) is 29.8. The van der Waals surface area contributed by atoms with Crippen LogP contribution in [0, 0.1) is 6.92 Å². The number of nitrogens with one attached hydrogen (secondary N) is 1. The molecule has 302 valence electrons. The fourth-order valence-electron chi connectivity index (χ4n) is 7.00. The van der Waals surface area contributed by atoms with Gasteiger partial charge in [-0.3, -0.25) is 19.1 Å². The second kappa shape index (κ2) is 22.0. The summed E-state index contributed by atoms with van der Waals surface area (Å²) in [5, 5.41) is 8.62. The Balaban J connectivity index is 0.000000188. The van der Waals surface area contributed by atoms with Crippen molar-refractivity contribution >= 4 is 55.5 Å². The van der Waals surface area contributed by atoms with Gasteiger partial charge in [-0.1, -0.05) is 27.7 Å². The van der Waals surface area contributed by atoms with Gasteiger partial charge in [0.15, 0.2) is 5.82 Å². The van der Waals surface area contributed by atoms with Gasteiger partial charge in [0.05, 0.1) is 34.2 Å². The number of halogens is 1. The third kappa shape index (κ3) is 12.1. The molecule has 0 radical (unpaired) electrons. The van der Waals surface area contributed by atoms with Crippen molar-refractivity contribution < 1.29 is 0 Å². The molecule has 6 rings (SSSR count). The molecule has 0 aromatic carbocycles. The van der Waals surface area contributed by atoms with Crippen molar-refractivity contribution in [1.29, 1.82) is 0 Å². The fourth-order valence-corrected chi connectivity index (χ4v) is 27.1. The number of aromatic nitrogens is 10. The van der Waals surface area contributed by atoms with Crippen LogP contribution in [0.3, 0.4) is 0 Å². The molecule has 0 fully saturated rings. The summed E-state index contributed by atoms with van der Waals surface area (Å²) in [5.74, 6) is 0.972. The maximum atomic E-state index is 12.4. The summed E-state index contributed by atoms with van der Waals surface area (Å²) in [6.45, 7) is 17.2. The number of unbranched alkanes of at least 4 members (excludes halogenated alkanes) is 3. The summed E-state index contributed by atoms with van der Waals surface area (Å²) < 4.78 is 9.90. The molecule has 0 unspecified atom stereocenters. The minimum absolute atomic E-state index is 0.0759. The molecule has 1 N–H and O–H groups in total. The number of hydrogen-bond acceptors (Lipinski definition) is 10. The van der Waals surface area contributed by atoms with Crippen LogP contribution in [0.15, 0.2) is 53.0 Å². The number of aryl methyl sites for hydroxylation is 3. The van der Waals surface area contributed by atoms with Crippen LogP contribution in [0.1, 0.15) is 116 Å². The molecule has 0 amide bonds. The van der Waals surface area contributed by atoms with Gasteiger partial charge in [-0.25, -0.2) is 15.0 Å². The van der Waals surface area contributed by atoms with Crippen LogP contribution in [0.2, 0.25) is 18.6 Å². The second-order valence-corrected chi connectivity index (χ2v) is 31.2. The van der Waals surface area contributed by atoms with Crippen LogP contribution in [0.4, 0.5) is 0 Å². The van der Waals surface area contributed by atoms with Crippen LogP contribution in [-0.4, -0.2) is 67.8 Å². The maximum Gasteiger partial charge on any atom is 0.223 e. The van der Waals surface area contributed by atoms with Crippen molar-refractivity contribution in [3.05, 3.63) is 80.7 Å². The molecule has 0 aliphatic heterocycles. The minimum Gasteiger partial charge on any atom is -0.275 e. The first-order valence-corrected chi connectivity index (χ1v) is 29.4. The number of rotatable bonds is 15. The molecule has 6 aromatic rings. The molecular formula is C41H59ClN10OS2Sn. The number of thiazole rings is 2. The smallest absolute Gasteiger partial charge is 0.223 e. The summed E-state index contributed by atoms with van der Waals surface area (Å²) in [4.78, 5) is 37.7. The van der Waals surface area contributed by atoms with Crippen molar-refractivity contribution in [3.8, 4) is 33.2 Å². The Morgan fingerprint density at radius 3 is 1.68 bits per heavy atom. The zero-order chi connectivity index (χ0) is 40.8.